The molecule has 0 fully saturated rings. The molecule has 10 nitrogen and oxygen atoms in total. The fourth-order valence-corrected chi connectivity index (χ4v) is 3.60. The molecule has 5 N–H and O–H groups in total. The van der Waals surface area contributed by atoms with Gasteiger partial charge in [0.05, 0.1) is 16.1 Å². The number of nitrogens with zero attached hydrogens (tertiary/aromatic N) is 3. The molecule has 1 aromatic carbocycles. The number of aromatic nitrogens is 3. The minimum atomic E-state index is -3.93. The van der Waals surface area contributed by atoms with Gasteiger partial charge in [-0.05, 0) is 42.8 Å². The number of hydrogen-bond donors (Lipinski definition) is 3. The SMILES string of the molecule is Cc1cc(=O)n(-c2ccc(S(=O)(=O)Nc3ncccn3)cc2)c(N)c1C(N)=O. The molecular weight excluding hydrogens is 384 g/mol. The minimum Gasteiger partial charge on any atom is -0.384 e. The second kappa shape index (κ2) is 7.12. The fraction of sp³-hybridized carbons (Fsp3) is 0.0588. The minimum absolute atomic E-state index is 0.0270. The largest absolute Gasteiger partial charge is 0.384 e. The van der Waals surface area contributed by atoms with Gasteiger partial charge < -0.3 is 11.5 Å². The van der Waals surface area contributed by atoms with Crippen LogP contribution < -0.4 is 21.7 Å². The average Bonchev–Trinajstić information content (AvgIpc) is 2.62. The Balaban J connectivity index is 2.01. The Bertz CT molecular complexity index is 1200. The van der Waals surface area contributed by atoms with E-state index in [2.05, 4.69) is 14.7 Å². The maximum atomic E-state index is 12.4. The summed E-state index contributed by atoms with van der Waals surface area (Å²) in [5.41, 5.74) is 11.5. The highest BCUT2D eigenvalue weighted by molar-refractivity contribution is 7.92. The van der Waals surface area contributed by atoms with Crippen molar-refractivity contribution in [3.8, 4) is 5.69 Å². The van der Waals surface area contributed by atoms with Gasteiger partial charge in [0, 0.05) is 18.5 Å². The van der Waals surface area contributed by atoms with Gasteiger partial charge in [0.15, 0.2) is 0 Å². The van der Waals surface area contributed by atoms with Crippen LogP contribution in [0, 0.1) is 6.92 Å². The van der Waals surface area contributed by atoms with Crippen LogP contribution in [0.25, 0.3) is 5.69 Å². The number of amides is 1. The molecule has 0 aliphatic heterocycles. The van der Waals surface area contributed by atoms with E-state index in [9.17, 15) is 18.0 Å². The zero-order chi connectivity index (χ0) is 20.5. The lowest BCUT2D eigenvalue weighted by atomic mass is 10.1. The highest BCUT2D eigenvalue weighted by atomic mass is 32.2. The Morgan fingerprint density at radius 3 is 2.32 bits per heavy atom. The summed E-state index contributed by atoms with van der Waals surface area (Å²) in [4.78, 5) is 31.5. The van der Waals surface area contributed by atoms with Gasteiger partial charge in [-0.3, -0.25) is 14.2 Å². The molecule has 0 saturated heterocycles. The Morgan fingerprint density at radius 2 is 1.75 bits per heavy atom. The summed E-state index contributed by atoms with van der Waals surface area (Å²) in [6.45, 7) is 1.55. The average molecular weight is 400 g/mol. The van der Waals surface area contributed by atoms with Gasteiger partial charge in [-0.15, -0.1) is 0 Å². The number of nitrogens with two attached hydrogens (primary N) is 2. The van der Waals surface area contributed by atoms with E-state index in [1.54, 1.807) is 13.0 Å². The smallest absolute Gasteiger partial charge is 0.264 e. The highest BCUT2D eigenvalue weighted by Crippen LogP contribution is 2.20. The van der Waals surface area contributed by atoms with E-state index in [0.717, 1.165) is 4.57 Å². The van der Waals surface area contributed by atoms with Crippen LogP contribution >= 0.6 is 0 Å². The molecular formula is C17H16N6O4S. The molecule has 0 aliphatic rings. The van der Waals surface area contributed by atoms with E-state index < -0.39 is 21.5 Å². The van der Waals surface area contributed by atoms with Crippen LogP contribution in [0.3, 0.4) is 0 Å². The standard InChI is InChI=1S/C17H16N6O4S/c1-10-9-13(24)23(15(18)14(10)16(19)25)11-3-5-12(6-4-11)28(26,27)22-17-20-7-2-8-21-17/h2-9H,18H2,1H3,(H2,19,25)(H,20,21,22). The number of sulfonamides is 1. The molecule has 0 aliphatic carbocycles. The molecule has 28 heavy (non-hydrogen) atoms. The molecule has 3 aromatic rings. The third-order valence-corrected chi connectivity index (χ3v) is 5.24. The van der Waals surface area contributed by atoms with Crippen molar-refractivity contribution in [1.29, 1.82) is 0 Å². The van der Waals surface area contributed by atoms with E-state index in [1.807, 2.05) is 0 Å². The third-order valence-electron chi connectivity index (χ3n) is 3.89. The zero-order valence-corrected chi connectivity index (χ0v) is 15.5. The van der Waals surface area contributed by atoms with Gasteiger partial charge in [0.1, 0.15) is 5.82 Å². The first kappa shape index (κ1) is 19.0. The van der Waals surface area contributed by atoms with Crippen molar-refractivity contribution in [3.05, 3.63) is 70.3 Å². The number of aryl methyl sites for hydroxylation is 1. The molecule has 2 heterocycles. The van der Waals surface area contributed by atoms with Crippen molar-refractivity contribution in [1.82, 2.24) is 14.5 Å². The number of carbonyl (C=O) groups is 1. The van der Waals surface area contributed by atoms with Gasteiger partial charge in [0.25, 0.3) is 21.5 Å². The number of benzene rings is 1. The molecule has 11 heteroatoms. The summed E-state index contributed by atoms with van der Waals surface area (Å²) < 4.78 is 28.2. The van der Waals surface area contributed by atoms with Crippen molar-refractivity contribution in [2.75, 3.05) is 10.5 Å². The molecule has 144 valence electrons. The lowest BCUT2D eigenvalue weighted by molar-refractivity contribution is 0.1000. The first-order valence-electron chi connectivity index (χ1n) is 7.93. The molecule has 0 unspecified atom stereocenters. The van der Waals surface area contributed by atoms with E-state index in [4.69, 9.17) is 11.5 Å². The molecule has 0 spiro atoms. The van der Waals surface area contributed by atoms with Crippen LogP contribution in [0.5, 0.6) is 0 Å². The summed E-state index contributed by atoms with van der Waals surface area (Å²) in [6, 6.07) is 8.13. The number of nitrogen functional groups attached to an aromatic ring is 1. The zero-order valence-electron chi connectivity index (χ0n) is 14.7. The number of nitrogens with one attached hydrogen (secondary N) is 1. The summed E-state index contributed by atoms with van der Waals surface area (Å²) in [7, 11) is -3.93. The van der Waals surface area contributed by atoms with Crippen molar-refractivity contribution in [2.24, 2.45) is 5.73 Å². The third kappa shape index (κ3) is 3.55. The highest BCUT2D eigenvalue weighted by Gasteiger charge is 2.18. The van der Waals surface area contributed by atoms with Crippen LogP contribution in [0.2, 0.25) is 0 Å². The van der Waals surface area contributed by atoms with Crippen LogP contribution in [-0.2, 0) is 10.0 Å². The second-order valence-corrected chi connectivity index (χ2v) is 7.48. The van der Waals surface area contributed by atoms with Gasteiger partial charge in [-0.1, -0.05) is 0 Å². The number of carbonyl (C=O) groups excluding carboxylic acids is 1. The molecule has 0 atom stereocenters. The van der Waals surface area contributed by atoms with Crippen molar-refractivity contribution in [2.45, 2.75) is 11.8 Å². The summed E-state index contributed by atoms with van der Waals surface area (Å²) in [5, 5.41) is 0. The van der Waals surface area contributed by atoms with Gasteiger partial charge in [-0.25, -0.2) is 23.1 Å². The molecule has 1 amide bonds. The van der Waals surface area contributed by atoms with Gasteiger partial charge >= 0.3 is 0 Å². The van der Waals surface area contributed by atoms with Crippen molar-refractivity contribution in [3.63, 3.8) is 0 Å². The Hall–Kier alpha value is -3.73. The fourth-order valence-electron chi connectivity index (χ4n) is 2.65. The summed E-state index contributed by atoms with van der Waals surface area (Å²) in [6.07, 6.45) is 2.80. The first-order valence-corrected chi connectivity index (χ1v) is 9.41. The van der Waals surface area contributed by atoms with E-state index in [-0.39, 0.29) is 27.9 Å². The van der Waals surface area contributed by atoms with Gasteiger partial charge in [0.2, 0.25) is 5.95 Å². The number of hydrogen-bond acceptors (Lipinski definition) is 7. The maximum absolute atomic E-state index is 12.4. The lowest BCUT2D eigenvalue weighted by Crippen LogP contribution is -2.27. The summed E-state index contributed by atoms with van der Waals surface area (Å²) >= 11 is 0. The van der Waals surface area contributed by atoms with Crippen LogP contribution in [0.4, 0.5) is 11.8 Å². The van der Waals surface area contributed by atoms with Crippen molar-refractivity contribution < 1.29 is 13.2 Å². The number of primary amides is 1. The van der Waals surface area contributed by atoms with Crippen molar-refractivity contribution >= 4 is 27.7 Å². The molecule has 2 aromatic heterocycles. The quantitative estimate of drug-likeness (QED) is 0.558. The first-order chi connectivity index (χ1) is 13.2. The number of pyridine rings is 1. The molecule has 3 rings (SSSR count). The number of rotatable bonds is 5. The molecule has 0 radical (unpaired) electrons. The summed E-state index contributed by atoms with van der Waals surface area (Å²) in [5.74, 6) is -0.962. The van der Waals surface area contributed by atoms with Gasteiger partial charge in [-0.2, -0.15) is 0 Å². The van der Waals surface area contributed by atoms with E-state index in [0.29, 0.717) is 5.56 Å². The van der Waals surface area contributed by atoms with Crippen LogP contribution in [0.15, 0.2) is 58.5 Å². The van der Waals surface area contributed by atoms with Crippen LogP contribution in [0.1, 0.15) is 15.9 Å². The maximum Gasteiger partial charge on any atom is 0.264 e. The van der Waals surface area contributed by atoms with E-state index >= 15 is 0 Å². The predicted molar refractivity (Wildman–Crippen MR) is 103 cm³/mol. The van der Waals surface area contributed by atoms with Crippen LogP contribution in [-0.4, -0.2) is 28.9 Å². The monoisotopic (exact) mass is 400 g/mol. The Morgan fingerprint density at radius 1 is 1.14 bits per heavy atom. The molecule has 0 saturated carbocycles. The topological polar surface area (TPSA) is 163 Å². The predicted octanol–water partition coefficient (Wildman–Crippen LogP) is 0.418. The Kier molecular flexibility index (Phi) is 4.84. The lowest BCUT2D eigenvalue weighted by Gasteiger charge is -2.14. The normalized spacial score (nSPS) is 11.2. The number of anilines is 2. The molecule has 0 bridgehead atoms. The van der Waals surface area contributed by atoms with E-state index in [1.165, 1.54) is 42.7 Å². The Labute approximate surface area is 159 Å². The second-order valence-electron chi connectivity index (χ2n) is 5.80.